The van der Waals surface area contributed by atoms with Crippen molar-refractivity contribution in [2.24, 2.45) is 0 Å². The number of rotatable bonds is 12. The molecule has 2 aliphatic rings. The minimum absolute atomic E-state index is 0.0440. The van der Waals surface area contributed by atoms with Crippen LogP contribution in [0, 0.1) is 0 Å². The van der Waals surface area contributed by atoms with Gasteiger partial charge in [-0.15, -0.1) is 22.0 Å². The largest absolute Gasteiger partial charge is 0.477 e. The smallest absolute Gasteiger partial charge is 0.408 e. The molecule has 2 aliphatic heterocycles. The minimum atomic E-state index is -4.17. The van der Waals surface area contributed by atoms with E-state index in [4.69, 9.17) is 9.26 Å². The fourth-order valence-corrected chi connectivity index (χ4v) is 8.82. The molecule has 3 amide bonds. The summed E-state index contributed by atoms with van der Waals surface area (Å²) >= 11 is 2.08. The molecule has 4 rings (SSSR count). The van der Waals surface area contributed by atoms with Gasteiger partial charge in [0.25, 0.3) is 5.91 Å². The molecule has 0 aliphatic carbocycles. The predicted molar refractivity (Wildman–Crippen MR) is 158 cm³/mol. The Morgan fingerprint density at radius 2 is 1.98 bits per heavy atom. The zero-order valence-electron chi connectivity index (χ0n) is 24.1. The third kappa shape index (κ3) is 7.98. The van der Waals surface area contributed by atoms with E-state index in [1.54, 1.807) is 58.0 Å². The fraction of sp³-hybridized carbons (Fsp3) is 0.480. The lowest BCUT2D eigenvalue weighted by molar-refractivity contribution is -0.151. The number of tetrazole rings is 1. The van der Waals surface area contributed by atoms with E-state index in [2.05, 4.69) is 31.3 Å². The zero-order valence-corrected chi connectivity index (χ0v) is 26.6. The number of aromatic nitrogens is 4. The molecule has 19 heteroatoms. The van der Waals surface area contributed by atoms with Gasteiger partial charge in [0.2, 0.25) is 11.1 Å². The highest BCUT2D eigenvalue weighted by atomic mass is 32.2. The normalized spacial score (nSPS) is 20.9. The number of fused-ring (bicyclic) bond motifs is 1. The molecule has 3 unspecified atom stereocenters. The first-order valence-electron chi connectivity index (χ1n) is 13.3. The lowest BCUT2D eigenvalue weighted by Gasteiger charge is -2.50. The number of carboxylic acid groups (broad SMARTS) is 1. The van der Waals surface area contributed by atoms with Gasteiger partial charge in [0, 0.05) is 11.0 Å². The van der Waals surface area contributed by atoms with E-state index in [9.17, 15) is 33.7 Å². The third-order valence-electron chi connectivity index (χ3n) is 6.24. The van der Waals surface area contributed by atoms with Crippen LogP contribution >= 0.6 is 31.1 Å². The summed E-state index contributed by atoms with van der Waals surface area (Å²) in [5, 5.41) is 27.2. The molecule has 2 aromatic rings. The maximum Gasteiger partial charge on any atom is 0.408 e. The van der Waals surface area contributed by atoms with Crippen molar-refractivity contribution in [1.29, 1.82) is 0 Å². The molecule has 1 aromatic heterocycles. The van der Waals surface area contributed by atoms with Gasteiger partial charge in [-0.25, -0.2) is 9.59 Å². The van der Waals surface area contributed by atoms with Crippen LogP contribution in [0.5, 0.6) is 0 Å². The van der Waals surface area contributed by atoms with Crippen molar-refractivity contribution in [2.75, 3.05) is 18.5 Å². The molecule has 1 aromatic carbocycles. The number of hydrogen-bond acceptors (Lipinski definition) is 12. The SMILES string of the molecule is CCOP(=O)(O)CC(Sc1nn[nH]n1)C1=C(C(=O)O)N2C(=O)[C@@H](NC(=O)C(NC(=O)OC(C)(C)C)c3ccccc3)[C@@H]2SC1. The van der Waals surface area contributed by atoms with E-state index >= 15 is 0 Å². The number of aliphatic carboxylic acids is 1. The molecule has 5 atom stereocenters. The Morgan fingerprint density at radius 3 is 2.57 bits per heavy atom. The lowest BCUT2D eigenvalue weighted by Crippen LogP contribution is -2.71. The molecule has 5 N–H and O–H groups in total. The molecule has 16 nitrogen and oxygen atoms in total. The van der Waals surface area contributed by atoms with Crippen LogP contribution in [0.2, 0.25) is 0 Å². The number of alkyl carbamates (subject to hydrolysis) is 1. The Labute approximate surface area is 260 Å². The maximum atomic E-state index is 13.5. The molecule has 0 saturated carbocycles. The molecule has 238 valence electrons. The van der Waals surface area contributed by atoms with Gasteiger partial charge in [0.15, 0.2) is 0 Å². The first-order valence-corrected chi connectivity index (χ1v) is 17.0. The summed E-state index contributed by atoms with van der Waals surface area (Å²) in [6.07, 6.45) is -1.32. The number of thioether (sulfide) groups is 2. The quantitative estimate of drug-likeness (QED) is 0.124. The second kappa shape index (κ2) is 13.7. The summed E-state index contributed by atoms with van der Waals surface area (Å²) < 4.78 is 23.0. The number of carboxylic acids is 1. The highest BCUT2D eigenvalue weighted by molar-refractivity contribution is 8.01. The van der Waals surface area contributed by atoms with E-state index in [-0.39, 0.29) is 28.8 Å². The Balaban J connectivity index is 1.58. The molecule has 0 radical (unpaired) electrons. The molecule has 1 saturated heterocycles. The molecule has 0 bridgehead atoms. The number of carbonyl (C=O) groups is 4. The van der Waals surface area contributed by atoms with Crippen molar-refractivity contribution < 1.29 is 43.0 Å². The van der Waals surface area contributed by atoms with Crippen molar-refractivity contribution in [1.82, 2.24) is 36.2 Å². The molecule has 44 heavy (non-hydrogen) atoms. The van der Waals surface area contributed by atoms with Crippen molar-refractivity contribution in [2.45, 2.75) is 61.2 Å². The third-order valence-corrected chi connectivity index (χ3v) is 10.4. The maximum absolute atomic E-state index is 13.5. The van der Waals surface area contributed by atoms with Crippen LogP contribution in [0.1, 0.15) is 39.3 Å². The summed E-state index contributed by atoms with van der Waals surface area (Å²) in [6.45, 7) is 6.53. The molecule has 3 heterocycles. The van der Waals surface area contributed by atoms with Crippen molar-refractivity contribution in [3.05, 3.63) is 47.2 Å². The first-order chi connectivity index (χ1) is 20.7. The number of carbonyl (C=O) groups excluding carboxylic acids is 3. The van der Waals surface area contributed by atoms with Crippen LogP contribution in [0.15, 0.2) is 46.8 Å². The summed E-state index contributed by atoms with van der Waals surface area (Å²) in [5.41, 5.74) is -0.565. The first kappa shape index (κ1) is 33.5. The predicted octanol–water partition coefficient (Wildman–Crippen LogP) is 1.89. The van der Waals surface area contributed by atoms with Gasteiger partial charge >= 0.3 is 19.7 Å². The number of benzene rings is 1. The second-order valence-electron chi connectivity index (χ2n) is 10.6. The number of hydrogen-bond donors (Lipinski definition) is 5. The van der Waals surface area contributed by atoms with Gasteiger partial charge in [-0.1, -0.05) is 42.1 Å². The number of β-lactam (4-membered cyclic amide) rings is 1. The average molecular weight is 670 g/mol. The van der Waals surface area contributed by atoms with Gasteiger partial charge in [-0.05, 0) is 44.0 Å². The highest BCUT2D eigenvalue weighted by Crippen LogP contribution is 2.50. The lowest BCUT2D eigenvalue weighted by atomic mass is 10.00. The summed E-state index contributed by atoms with van der Waals surface area (Å²) in [6, 6.07) is 6.06. The number of nitrogens with one attached hydrogen (secondary N) is 3. The van der Waals surface area contributed by atoms with Crippen LogP contribution in [-0.2, 0) is 28.2 Å². The monoisotopic (exact) mass is 669 g/mol. The Bertz CT molecular complexity index is 1470. The van der Waals surface area contributed by atoms with E-state index in [1.165, 1.54) is 11.8 Å². The standard InChI is InChI=1S/C25H32N7O9PS2/c1-5-40-42(38,39)11-15(44-23-28-30-31-29-23)14-12-43-21-17(20(34)32(21)18(14)22(35)36)26-19(33)16(13-9-7-6-8-10-13)27-24(37)41-25(2,3)4/h6-10,15-17,21H,5,11-12H2,1-4H3,(H,26,33)(H,27,37)(H,35,36)(H,38,39)(H,28,29,30,31)/t15?,16?,17-,21+/m1/s1. The molecular weight excluding hydrogens is 637 g/mol. The van der Waals surface area contributed by atoms with E-state index in [0.29, 0.717) is 5.56 Å². The van der Waals surface area contributed by atoms with E-state index < -0.39 is 65.9 Å². The Kier molecular flexibility index (Phi) is 10.4. The van der Waals surface area contributed by atoms with Crippen molar-refractivity contribution >= 4 is 55.0 Å². The minimum Gasteiger partial charge on any atom is -0.477 e. The van der Waals surface area contributed by atoms with E-state index in [1.807, 2.05) is 0 Å². The summed E-state index contributed by atoms with van der Waals surface area (Å²) in [7, 11) is -4.17. The fourth-order valence-electron chi connectivity index (χ4n) is 4.51. The zero-order chi connectivity index (χ0) is 32.2. The highest BCUT2D eigenvalue weighted by Gasteiger charge is 2.55. The number of nitrogens with zero attached hydrogens (tertiary/aromatic N) is 4. The van der Waals surface area contributed by atoms with Gasteiger partial charge in [-0.3, -0.25) is 19.1 Å². The van der Waals surface area contributed by atoms with Gasteiger partial charge in [0.05, 0.1) is 12.8 Å². The number of aromatic amines is 1. The van der Waals surface area contributed by atoms with Crippen LogP contribution in [-0.4, -0.2) is 100 Å². The molecule has 1 fully saturated rings. The van der Waals surface area contributed by atoms with Crippen LogP contribution < -0.4 is 10.6 Å². The number of amides is 3. The van der Waals surface area contributed by atoms with Crippen LogP contribution in [0.3, 0.4) is 0 Å². The van der Waals surface area contributed by atoms with Crippen LogP contribution in [0.25, 0.3) is 0 Å². The van der Waals surface area contributed by atoms with Crippen molar-refractivity contribution in [3.8, 4) is 0 Å². The van der Waals surface area contributed by atoms with Crippen LogP contribution in [0.4, 0.5) is 4.79 Å². The molecule has 0 spiro atoms. The number of ether oxygens (including phenoxy) is 1. The topological polar surface area (TPSA) is 226 Å². The van der Waals surface area contributed by atoms with Crippen molar-refractivity contribution in [3.63, 3.8) is 0 Å². The second-order valence-corrected chi connectivity index (χ2v) is 14.8. The Hall–Kier alpha value is -3.44. The Morgan fingerprint density at radius 1 is 1.27 bits per heavy atom. The van der Waals surface area contributed by atoms with Gasteiger partial charge < -0.3 is 29.9 Å². The van der Waals surface area contributed by atoms with Gasteiger partial charge in [0.1, 0.15) is 28.8 Å². The average Bonchev–Trinajstić information content (AvgIpc) is 3.45. The number of H-pyrrole nitrogens is 1. The summed E-state index contributed by atoms with van der Waals surface area (Å²) in [5.74, 6) is -2.78. The summed E-state index contributed by atoms with van der Waals surface area (Å²) in [4.78, 5) is 63.4. The molecular formula is C25H32N7O9PS2. The van der Waals surface area contributed by atoms with Gasteiger partial charge in [-0.2, -0.15) is 5.21 Å². The van der Waals surface area contributed by atoms with E-state index in [0.717, 1.165) is 16.7 Å².